The summed E-state index contributed by atoms with van der Waals surface area (Å²) in [5.41, 5.74) is 9.01. The van der Waals surface area contributed by atoms with Crippen LogP contribution in [0.25, 0.3) is 33.3 Å². The zero-order valence-electron chi connectivity index (χ0n) is 19.1. The Balaban J connectivity index is 1.48. The van der Waals surface area contributed by atoms with E-state index in [0.717, 1.165) is 33.3 Å². The second-order valence-electron chi connectivity index (χ2n) is 8.19. The summed E-state index contributed by atoms with van der Waals surface area (Å²) >= 11 is 6.16. The number of rotatable bonds is 7. The first-order chi connectivity index (χ1) is 17.2. The van der Waals surface area contributed by atoms with Gasteiger partial charge in [0.25, 0.3) is 0 Å². The number of fused-ring (bicyclic) bond motifs is 1. The van der Waals surface area contributed by atoms with E-state index in [-0.39, 0.29) is 12.3 Å². The van der Waals surface area contributed by atoms with Gasteiger partial charge >= 0.3 is 0 Å². The number of benzene rings is 4. The first-order valence-electron chi connectivity index (χ1n) is 11.5. The van der Waals surface area contributed by atoms with Crippen molar-refractivity contribution in [2.24, 2.45) is 5.10 Å². The normalized spacial score (nSPS) is 11.2. The SMILES string of the molecule is O=C(CCn1c(-c2ccccc2)c(-c2ccccc2)c2ccccc21)N/N=C/c1ccccc1Cl. The zero-order valence-corrected chi connectivity index (χ0v) is 19.8. The predicted octanol–water partition coefficient (Wildman–Crippen LogP) is 7.17. The fourth-order valence-corrected chi connectivity index (χ4v) is 4.54. The summed E-state index contributed by atoms with van der Waals surface area (Å²) in [4.78, 5) is 12.7. The molecular formula is C30H24ClN3O. The van der Waals surface area contributed by atoms with Crippen LogP contribution in [0.15, 0.2) is 114 Å². The minimum absolute atomic E-state index is 0.161. The summed E-state index contributed by atoms with van der Waals surface area (Å²) < 4.78 is 2.24. The molecule has 0 radical (unpaired) electrons. The van der Waals surface area contributed by atoms with Gasteiger partial charge in [-0.3, -0.25) is 4.79 Å². The van der Waals surface area contributed by atoms with E-state index in [1.165, 1.54) is 5.56 Å². The van der Waals surface area contributed by atoms with Gasteiger partial charge in [0.05, 0.1) is 11.9 Å². The number of aryl methyl sites for hydroxylation is 1. The van der Waals surface area contributed by atoms with Crippen molar-refractivity contribution in [3.8, 4) is 22.4 Å². The first-order valence-corrected chi connectivity index (χ1v) is 11.9. The molecule has 0 spiro atoms. The number of carbonyl (C=O) groups is 1. The Kier molecular flexibility index (Phi) is 6.73. The number of aromatic nitrogens is 1. The van der Waals surface area contributed by atoms with E-state index in [0.29, 0.717) is 11.6 Å². The lowest BCUT2D eigenvalue weighted by Gasteiger charge is -2.13. The van der Waals surface area contributed by atoms with Crippen molar-refractivity contribution in [3.63, 3.8) is 0 Å². The highest BCUT2D eigenvalue weighted by atomic mass is 35.5. The number of nitrogens with one attached hydrogen (secondary N) is 1. The van der Waals surface area contributed by atoms with E-state index < -0.39 is 0 Å². The molecule has 35 heavy (non-hydrogen) atoms. The van der Waals surface area contributed by atoms with Gasteiger partial charge < -0.3 is 4.57 Å². The Morgan fingerprint density at radius 2 is 1.43 bits per heavy atom. The summed E-state index contributed by atoms with van der Waals surface area (Å²) in [7, 11) is 0. The maximum atomic E-state index is 12.7. The van der Waals surface area contributed by atoms with E-state index in [2.05, 4.69) is 69.7 Å². The monoisotopic (exact) mass is 477 g/mol. The summed E-state index contributed by atoms with van der Waals surface area (Å²) in [5, 5.41) is 5.84. The molecule has 1 N–H and O–H groups in total. The Labute approximate surface area is 209 Å². The van der Waals surface area contributed by atoms with Gasteiger partial charge in [-0.2, -0.15) is 5.10 Å². The number of para-hydroxylation sites is 1. The Morgan fingerprint density at radius 3 is 2.17 bits per heavy atom. The van der Waals surface area contributed by atoms with Crippen molar-refractivity contribution in [2.75, 3.05) is 0 Å². The van der Waals surface area contributed by atoms with Gasteiger partial charge in [0.15, 0.2) is 0 Å². The van der Waals surface area contributed by atoms with Crippen LogP contribution in [0.5, 0.6) is 0 Å². The summed E-state index contributed by atoms with van der Waals surface area (Å²) in [5.74, 6) is -0.161. The molecule has 1 amide bonds. The van der Waals surface area contributed by atoms with Gasteiger partial charge in [0.2, 0.25) is 5.91 Å². The molecule has 0 aliphatic carbocycles. The molecule has 1 heterocycles. The molecule has 0 fully saturated rings. The number of hydrogen-bond donors (Lipinski definition) is 1. The minimum atomic E-state index is -0.161. The molecule has 0 aliphatic rings. The molecule has 0 unspecified atom stereocenters. The maximum Gasteiger partial charge on any atom is 0.241 e. The smallest absolute Gasteiger partial charge is 0.241 e. The predicted molar refractivity (Wildman–Crippen MR) is 145 cm³/mol. The van der Waals surface area contributed by atoms with Gasteiger partial charge in [0, 0.05) is 40.0 Å². The standard InChI is InChI=1S/C30H24ClN3O/c31-26-17-9-7-15-24(26)21-32-33-28(35)19-20-34-27-18-10-8-16-25(27)29(22-11-3-1-4-12-22)30(34)23-13-5-2-6-14-23/h1-18,21H,19-20H2,(H,33,35)/b32-21+. The van der Waals surface area contributed by atoms with Crippen molar-refractivity contribution in [1.82, 2.24) is 9.99 Å². The van der Waals surface area contributed by atoms with E-state index in [4.69, 9.17) is 11.6 Å². The number of hydrogen-bond acceptors (Lipinski definition) is 2. The van der Waals surface area contributed by atoms with Crippen LogP contribution >= 0.6 is 11.6 Å². The third-order valence-electron chi connectivity index (χ3n) is 5.94. The fraction of sp³-hybridized carbons (Fsp3) is 0.0667. The zero-order chi connectivity index (χ0) is 24.0. The fourth-order valence-electron chi connectivity index (χ4n) is 4.35. The topological polar surface area (TPSA) is 46.4 Å². The quantitative estimate of drug-likeness (QED) is 0.196. The largest absolute Gasteiger partial charge is 0.339 e. The number of hydrazone groups is 1. The average Bonchev–Trinajstić information content (AvgIpc) is 3.24. The van der Waals surface area contributed by atoms with Crippen molar-refractivity contribution < 1.29 is 4.79 Å². The van der Waals surface area contributed by atoms with E-state index in [1.54, 1.807) is 12.3 Å². The van der Waals surface area contributed by atoms with Crippen molar-refractivity contribution >= 4 is 34.6 Å². The molecule has 0 atom stereocenters. The lowest BCUT2D eigenvalue weighted by atomic mass is 9.98. The molecule has 0 saturated carbocycles. The molecule has 5 aromatic rings. The number of carbonyl (C=O) groups excluding carboxylic acids is 1. The molecule has 0 saturated heterocycles. The highest BCUT2D eigenvalue weighted by Crippen LogP contribution is 2.40. The first kappa shape index (κ1) is 22.6. The van der Waals surface area contributed by atoms with Crippen LogP contribution in [-0.4, -0.2) is 16.7 Å². The number of halogens is 1. The lowest BCUT2D eigenvalue weighted by molar-refractivity contribution is -0.121. The maximum absolute atomic E-state index is 12.7. The van der Waals surface area contributed by atoms with Crippen molar-refractivity contribution in [3.05, 3.63) is 120 Å². The molecule has 5 rings (SSSR count). The van der Waals surface area contributed by atoms with Gasteiger partial charge in [-0.1, -0.05) is 109 Å². The van der Waals surface area contributed by atoms with Crippen LogP contribution in [0.3, 0.4) is 0 Å². The molecule has 0 aliphatic heterocycles. The lowest BCUT2D eigenvalue weighted by Crippen LogP contribution is -2.19. The second kappa shape index (κ2) is 10.4. The minimum Gasteiger partial charge on any atom is -0.339 e. The highest BCUT2D eigenvalue weighted by Gasteiger charge is 2.20. The molecule has 5 heteroatoms. The van der Waals surface area contributed by atoms with Crippen LogP contribution in [0.4, 0.5) is 0 Å². The van der Waals surface area contributed by atoms with Gasteiger partial charge in [-0.05, 0) is 23.3 Å². The third kappa shape index (κ3) is 4.88. The van der Waals surface area contributed by atoms with Crippen LogP contribution in [0, 0.1) is 0 Å². The molecular weight excluding hydrogens is 454 g/mol. The van der Waals surface area contributed by atoms with Crippen LogP contribution in [0.1, 0.15) is 12.0 Å². The number of amides is 1. The average molecular weight is 478 g/mol. The van der Waals surface area contributed by atoms with E-state index in [9.17, 15) is 4.79 Å². The molecule has 172 valence electrons. The second-order valence-corrected chi connectivity index (χ2v) is 8.60. The molecule has 4 nitrogen and oxygen atoms in total. The Bertz CT molecular complexity index is 1490. The third-order valence-corrected chi connectivity index (χ3v) is 6.29. The van der Waals surface area contributed by atoms with Gasteiger partial charge in [0.1, 0.15) is 0 Å². The van der Waals surface area contributed by atoms with Crippen LogP contribution in [-0.2, 0) is 11.3 Å². The van der Waals surface area contributed by atoms with Crippen molar-refractivity contribution in [2.45, 2.75) is 13.0 Å². The van der Waals surface area contributed by atoms with E-state index >= 15 is 0 Å². The van der Waals surface area contributed by atoms with Gasteiger partial charge in [-0.25, -0.2) is 5.43 Å². The van der Waals surface area contributed by atoms with Gasteiger partial charge in [-0.15, -0.1) is 0 Å². The van der Waals surface area contributed by atoms with Crippen molar-refractivity contribution in [1.29, 1.82) is 0 Å². The molecule has 0 bridgehead atoms. The van der Waals surface area contributed by atoms with Crippen LogP contribution in [0.2, 0.25) is 5.02 Å². The van der Waals surface area contributed by atoms with Crippen LogP contribution < -0.4 is 5.43 Å². The summed E-state index contributed by atoms with van der Waals surface area (Å²) in [6, 6.07) is 36.5. The molecule has 4 aromatic carbocycles. The molecule has 1 aromatic heterocycles. The Morgan fingerprint density at radius 1 is 0.800 bits per heavy atom. The number of nitrogens with zero attached hydrogens (tertiary/aromatic N) is 2. The highest BCUT2D eigenvalue weighted by molar-refractivity contribution is 6.33. The summed E-state index contributed by atoms with van der Waals surface area (Å²) in [6.07, 6.45) is 1.85. The Hall–Kier alpha value is -4.15. The van der Waals surface area contributed by atoms with E-state index in [1.807, 2.05) is 48.5 Å². The summed E-state index contributed by atoms with van der Waals surface area (Å²) in [6.45, 7) is 0.519.